The Morgan fingerprint density at radius 3 is 2.86 bits per heavy atom. The van der Waals surface area contributed by atoms with Crippen molar-refractivity contribution in [1.29, 1.82) is 0 Å². The molecule has 2 N–H and O–H groups in total. The van der Waals surface area contributed by atoms with E-state index in [2.05, 4.69) is 4.98 Å². The minimum absolute atomic E-state index is 0.218. The number of aliphatic hydroxyl groups is 1. The zero-order valence-electron chi connectivity index (χ0n) is 11.4. The Labute approximate surface area is 133 Å². The van der Waals surface area contributed by atoms with Crippen molar-refractivity contribution in [3.63, 3.8) is 0 Å². The van der Waals surface area contributed by atoms with Crippen molar-refractivity contribution < 1.29 is 19.4 Å². The molecule has 0 saturated carbocycles. The molecule has 0 aliphatic carbocycles. The van der Waals surface area contributed by atoms with E-state index in [0.717, 1.165) is 0 Å². The second-order valence-corrected chi connectivity index (χ2v) is 6.07. The quantitative estimate of drug-likeness (QED) is 0.407. The van der Waals surface area contributed by atoms with E-state index in [1.807, 2.05) is 0 Å². The Morgan fingerprint density at radius 1 is 1.62 bits per heavy atom. The third-order valence-electron chi connectivity index (χ3n) is 3.16. The summed E-state index contributed by atoms with van der Waals surface area (Å²) in [6, 6.07) is 0. The fourth-order valence-electron chi connectivity index (χ4n) is 2.21. The zero-order valence-corrected chi connectivity index (χ0v) is 13.6. The minimum Gasteiger partial charge on any atom is -0.459 e. The molecule has 2 heterocycles. The van der Waals surface area contributed by atoms with Gasteiger partial charge in [-0.1, -0.05) is 0 Å². The lowest BCUT2D eigenvalue weighted by atomic mass is 10.2. The molecule has 21 heavy (non-hydrogen) atoms. The monoisotopic (exact) mass is 410 g/mol. The number of rotatable bonds is 3. The number of aromatic amines is 1. The summed E-state index contributed by atoms with van der Waals surface area (Å²) < 4.78 is 11.1. The molecule has 0 aromatic carbocycles. The number of nitrogens with zero attached hydrogens (tertiary/aromatic N) is 1. The van der Waals surface area contributed by atoms with E-state index in [4.69, 9.17) is 9.47 Å². The molecule has 4 atom stereocenters. The molecule has 1 aromatic rings. The first kappa shape index (κ1) is 16.2. The van der Waals surface area contributed by atoms with Crippen molar-refractivity contribution in [2.75, 3.05) is 0 Å². The standard InChI is InChI=1S/C12H15IN2O6/c1-5-4-15(12(19)14-11(5)18)8-3-7(20-6(2)16)9(21-8)10(13)17/h4,7-10,17H,3H2,1-2H3,(H,14,18,19)/t7-,8-,9+,10?/m1/s1. The van der Waals surface area contributed by atoms with Gasteiger partial charge in [-0.2, -0.15) is 0 Å². The van der Waals surface area contributed by atoms with Crippen molar-refractivity contribution in [2.45, 2.75) is 42.8 Å². The van der Waals surface area contributed by atoms with Gasteiger partial charge in [0.2, 0.25) is 0 Å². The van der Waals surface area contributed by atoms with Crippen LogP contribution in [0.25, 0.3) is 0 Å². The maximum absolute atomic E-state index is 11.8. The van der Waals surface area contributed by atoms with Crippen LogP contribution in [-0.2, 0) is 14.3 Å². The second kappa shape index (κ2) is 6.28. The molecular formula is C12H15IN2O6. The smallest absolute Gasteiger partial charge is 0.330 e. The predicted octanol–water partition coefficient (Wildman–Crippen LogP) is -0.182. The van der Waals surface area contributed by atoms with Gasteiger partial charge in [0.25, 0.3) is 5.56 Å². The number of ether oxygens (including phenoxy) is 2. The van der Waals surface area contributed by atoms with Gasteiger partial charge >= 0.3 is 11.7 Å². The first-order valence-corrected chi connectivity index (χ1v) is 7.51. The van der Waals surface area contributed by atoms with E-state index in [9.17, 15) is 19.5 Å². The Kier molecular flexibility index (Phi) is 4.84. The lowest BCUT2D eigenvalue weighted by molar-refractivity contribution is -0.150. The number of hydrogen-bond donors (Lipinski definition) is 2. The molecule has 9 heteroatoms. The van der Waals surface area contributed by atoms with Crippen molar-refractivity contribution in [1.82, 2.24) is 9.55 Å². The molecule has 1 aliphatic heterocycles. The van der Waals surface area contributed by atoms with Crippen LogP contribution in [0.5, 0.6) is 0 Å². The van der Waals surface area contributed by atoms with Gasteiger partial charge in [0.15, 0.2) is 0 Å². The normalized spacial score (nSPS) is 26.6. The van der Waals surface area contributed by atoms with Gasteiger partial charge in [-0.15, -0.1) is 0 Å². The van der Waals surface area contributed by atoms with E-state index in [1.54, 1.807) is 29.5 Å². The van der Waals surface area contributed by atoms with E-state index >= 15 is 0 Å². The SMILES string of the molecule is CC(=O)O[C@@H]1C[C@H](n2cc(C)c(=O)[nH]c2=O)O[C@@H]1C(O)I. The molecule has 0 amide bonds. The van der Waals surface area contributed by atoms with Gasteiger partial charge in [-0.25, -0.2) is 4.79 Å². The van der Waals surface area contributed by atoms with Gasteiger partial charge in [-0.05, 0) is 29.5 Å². The van der Waals surface area contributed by atoms with Gasteiger partial charge in [-0.3, -0.25) is 19.1 Å². The van der Waals surface area contributed by atoms with Crippen LogP contribution in [0.15, 0.2) is 15.8 Å². The molecule has 0 spiro atoms. The van der Waals surface area contributed by atoms with E-state index in [0.29, 0.717) is 5.56 Å². The molecule has 8 nitrogen and oxygen atoms in total. The molecule has 2 rings (SSSR count). The predicted molar refractivity (Wildman–Crippen MR) is 80.2 cm³/mol. The zero-order chi connectivity index (χ0) is 15.7. The van der Waals surface area contributed by atoms with Crippen LogP contribution in [0.1, 0.15) is 25.1 Å². The van der Waals surface area contributed by atoms with Crippen molar-refractivity contribution >= 4 is 28.6 Å². The summed E-state index contributed by atoms with van der Waals surface area (Å²) in [5.41, 5.74) is -0.710. The molecule has 0 radical (unpaired) electrons. The Morgan fingerprint density at radius 2 is 2.29 bits per heavy atom. The van der Waals surface area contributed by atoms with E-state index in [1.165, 1.54) is 17.7 Å². The molecule has 1 unspecified atom stereocenters. The van der Waals surface area contributed by atoms with Gasteiger partial charge in [0.05, 0.1) is 0 Å². The van der Waals surface area contributed by atoms with Crippen molar-refractivity contribution in [3.05, 3.63) is 32.6 Å². The summed E-state index contributed by atoms with van der Waals surface area (Å²) in [6.07, 6.45) is -0.502. The van der Waals surface area contributed by atoms with Crippen LogP contribution in [0.3, 0.4) is 0 Å². The second-order valence-electron chi connectivity index (χ2n) is 4.79. The molecule has 1 aromatic heterocycles. The number of halogens is 1. The molecule has 116 valence electrons. The third-order valence-corrected chi connectivity index (χ3v) is 3.87. The average molecular weight is 410 g/mol. The summed E-state index contributed by atoms with van der Waals surface area (Å²) >= 11 is 1.75. The van der Waals surface area contributed by atoms with Crippen LogP contribution in [-0.4, -0.2) is 36.9 Å². The van der Waals surface area contributed by atoms with Gasteiger partial charge < -0.3 is 14.6 Å². The third kappa shape index (κ3) is 3.52. The van der Waals surface area contributed by atoms with Crippen LogP contribution < -0.4 is 11.2 Å². The largest absolute Gasteiger partial charge is 0.459 e. The minimum atomic E-state index is -0.892. The number of aromatic nitrogens is 2. The number of H-pyrrole nitrogens is 1. The lowest BCUT2D eigenvalue weighted by Gasteiger charge is -2.19. The van der Waals surface area contributed by atoms with Crippen LogP contribution in [0, 0.1) is 6.92 Å². The van der Waals surface area contributed by atoms with E-state index < -0.39 is 39.8 Å². The average Bonchev–Trinajstić information content (AvgIpc) is 2.76. The number of esters is 1. The number of nitrogens with one attached hydrogen (secondary N) is 1. The van der Waals surface area contributed by atoms with Crippen LogP contribution >= 0.6 is 22.6 Å². The number of carbonyl (C=O) groups excluding carboxylic acids is 1. The first-order chi connectivity index (χ1) is 9.79. The number of alkyl halides is 1. The molecule has 1 aliphatic rings. The fraction of sp³-hybridized carbons (Fsp3) is 0.583. The topological polar surface area (TPSA) is 111 Å². The van der Waals surface area contributed by atoms with Crippen LogP contribution in [0.2, 0.25) is 0 Å². The number of aliphatic hydroxyl groups excluding tert-OH is 1. The summed E-state index contributed by atoms with van der Waals surface area (Å²) in [4.78, 5) is 36.5. The van der Waals surface area contributed by atoms with Crippen molar-refractivity contribution in [3.8, 4) is 0 Å². The number of hydrogen-bond acceptors (Lipinski definition) is 6. The summed E-state index contributed by atoms with van der Waals surface area (Å²) in [5, 5.41) is 9.69. The maximum Gasteiger partial charge on any atom is 0.330 e. The Balaban J connectivity index is 2.30. The highest BCUT2D eigenvalue weighted by Crippen LogP contribution is 2.33. The summed E-state index contributed by atoms with van der Waals surface area (Å²) in [5.74, 6) is -0.490. The lowest BCUT2D eigenvalue weighted by Crippen LogP contribution is -2.34. The van der Waals surface area contributed by atoms with Gasteiger partial charge in [0.1, 0.15) is 22.5 Å². The van der Waals surface area contributed by atoms with E-state index in [-0.39, 0.29) is 6.42 Å². The highest BCUT2D eigenvalue weighted by molar-refractivity contribution is 14.1. The highest BCUT2D eigenvalue weighted by atomic mass is 127. The molecule has 1 saturated heterocycles. The fourth-order valence-corrected chi connectivity index (χ4v) is 2.84. The highest BCUT2D eigenvalue weighted by Gasteiger charge is 2.42. The number of carbonyl (C=O) groups is 1. The van der Waals surface area contributed by atoms with Crippen LogP contribution in [0.4, 0.5) is 0 Å². The van der Waals surface area contributed by atoms with Gasteiger partial charge in [0, 0.05) is 25.1 Å². The summed E-state index contributed by atoms with van der Waals surface area (Å²) in [6.45, 7) is 2.83. The summed E-state index contributed by atoms with van der Waals surface area (Å²) in [7, 11) is 0. The Bertz CT molecular complexity index is 652. The van der Waals surface area contributed by atoms with Crippen molar-refractivity contribution in [2.24, 2.45) is 0 Å². The first-order valence-electron chi connectivity index (χ1n) is 6.26. The number of aryl methyl sites for hydroxylation is 1. The molecular weight excluding hydrogens is 395 g/mol. The maximum atomic E-state index is 11.8. The molecule has 0 bridgehead atoms. The Hall–Kier alpha value is -1.20. The molecule has 1 fully saturated rings.